The molecule has 0 saturated carbocycles. The molecule has 50 heavy (non-hydrogen) atoms. The number of aryl methyl sites for hydroxylation is 5. The molecular formula is C43H42N4O2Pd. The zero-order valence-electron chi connectivity index (χ0n) is 29.8. The zero-order chi connectivity index (χ0) is 34.2. The van der Waals surface area contributed by atoms with Crippen LogP contribution in [0.1, 0.15) is 60.8 Å². The summed E-state index contributed by atoms with van der Waals surface area (Å²) in [4.78, 5) is 4.70. The molecule has 3 aromatic heterocycles. The van der Waals surface area contributed by atoms with Gasteiger partial charge in [0.15, 0.2) is 0 Å². The predicted molar refractivity (Wildman–Crippen MR) is 199 cm³/mol. The maximum absolute atomic E-state index is 6.63. The smallest absolute Gasteiger partial charge is 0.509 e. The minimum absolute atomic E-state index is 0. The van der Waals surface area contributed by atoms with Gasteiger partial charge in [0.05, 0.1) is 12.8 Å². The Kier molecular flexibility index (Phi) is 10.3. The molecule has 3 heterocycles. The summed E-state index contributed by atoms with van der Waals surface area (Å²) in [5.74, 6) is 2.74. The molecule has 0 N–H and O–H groups in total. The number of hydrogen-bond donors (Lipinski definition) is 0. The van der Waals surface area contributed by atoms with Crippen LogP contribution in [0.25, 0.3) is 44.4 Å². The maximum atomic E-state index is 6.63. The van der Waals surface area contributed by atoms with Crippen molar-refractivity contribution >= 4 is 21.8 Å². The minimum atomic E-state index is 0. The molecule has 0 aliphatic carbocycles. The van der Waals surface area contributed by atoms with Crippen LogP contribution in [0.5, 0.6) is 17.2 Å². The Morgan fingerprint density at radius 3 is 2.28 bits per heavy atom. The van der Waals surface area contributed by atoms with E-state index in [4.69, 9.17) is 19.6 Å². The van der Waals surface area contributed by atoms with Gasteiger partial charge in [0, 0.05) is 40.5 Å². The summed E-state index contributed by atoms with van der Waals surface area (Å²) in [6, 6.07) is 32.2. The van der Waals surface area contributed by atoms with E-state index < -0.39 is 0 Å². The summed E-state index contributed by atoms with van der Waals surface area (Å²) in [5, 5.41) is 7.42. The normalized spacial score (nSPS) is 11.3. The number of nitrogens with zero attached hydrogens (tertiary/aromatic N) is 4. The maximum Gasteiger partial charge on any atom is 2.00 e. The number of para-hydroxylation sites is 1. The summed E-state index contributed by atoms with van der Waals surface area (Å²) >= 11 is 0. The quantitative estimate of drug-likeness (QED) is 0.103. The number of hydrogen-bond acceptors (Lipinski definition) is 4. The molecule has 0 unspecified atom stereocenters. The van der Waals surface area contributed by atoms with Crippen LogP contribution in [0.3, 0.4) is 0 Å². The van der Waals surface area contributed by atoms with Gasteiger partial charge >= 0.3 is 20.4 Å². The Bertz CT molecular complexity index is 2310. The topological polar surface area (TPSA) is 54.1 Å². The zero-order valence-corrected chi connectivity index (χ0v) is 31.3. The molecule has 256 valence electrons. The van der Waals surface area contributed by atoms with E-state index in [1.807, 2.05) is 24.3 Å². The van der Waals surface area contributed by atoms with Gasteiger partial charge in [-0.1, -0.05) is 75.0 Å². The van der Waals surface area contributed by atoms with Gasteiger partial charge in [-0.25, -0.2) is 4.98 Å². The van der Waals surface area contributed by atoms with E-state index >= 15 is 0 Å². The third-order valence-corrected chi connectivity index (χ3v) is 9.27. The first-order valence-corrected chi connectivity index (χ1v) is 17.2. The number of aromatic nitrogens is 4. The Labute approximate surface area is 308 Å². The van der Waals surface area contributed by atoms with Gasteiger partial charge in [0.25, 0.3) is 0 Å². The van der Waals surface area contributed by atoms with E-state index in [0.29, 0.717) is 11.5 Å². The van der Waals surface area contributed by atoms with Crippen LogP contribution in [-0.4, -0.2) is 26.4 Å². The van der Waals surface area contributed by atoms with Gasteiger partial charge in [0.2, 0.25) is 0 Å². The Hall–Kier alpha value is -4.70. The number of rotatable bonds is 10. The SMILES string of the molecule is CCCc1cc(Oc2[c-]c3c(cc2)c2ccccc2n3-c2cc(OC)ccn2)[c-]c(-n2nc(CC)c(-c3c(C)cc(C)cc3C)c2CC)c1.[Pd+2]. The van der Waals surface area contributed by atoms with Crippen LogP contribution >= 0.6 is 0 Å². The minimum Gasteiger partial charge on any atom is -0.509 e. The number of pyridine rings is 1. The monoisotopic (exact) mass is 752 g/mol. The first-order valence-electron chi connectivity index (χ1n) is 17.2. The van der Waals surface area contributed by atoms with Crippen molar-refractivity contribution in [2.45, 2.75) is 67.2 Å². The van der Waals surface area contributed by atoms with E-state index in [1.54, 1.807) is 13.3 Å². The number of ether oxygens (including phenoxy) is 2. The van der Waals surface area contributed by atoms with Crippen molar-refractivity contribution in [2.75, 3.05) is 7.11 Å². The second-order valence-corrected chi connectivity index (χ2v) is 12.7. The summed E-state index contributed by atoms with van der Waals surface area (Å²) in [6.45, 7) is 13.2. The average molecular weight is 753 g/mol. The largest absolute Gasteiger partial charge is 2.00 e. The summed E-state index contributed by atoms with van der Waals surface area (Å²) in [6.07, 6.45) is 5.38. The Balaban J connectivity index is 0.00000432. The van der Waals surface area contributed by atoms with Crippen LogP contribution < -0.4 is 9.47 Å². The second-order valence-electron chi connectivity index (χ2n) is 12.7. The summed E-state index contributed by atoms with van der Waals surface area (Å²) < 4.78 is 16.4. The van der Waals surface area contributed by atoms with E-state index in [-0.39, 0.29) is 20.4 Å². The molecule has 0 atom stereocenters. The van der Waals surface area contributed by atoms with E-state index in [1.165, 1.54) is 39.1 Å². The first-order chi connectivity index (χ1) is 23.8. The fraction of sp³-hybridized carbons (Fsp3) is 0.256. The van der Waals surface area contributed by atoms with Gasteiger partial charge < -0.3 is 14.0 Å². The van der Waals surface area contributed by atoms with Crippen LogP contribution in [0, 0.1) is 32.9 Å². The van der Waals surface area contributed by atoms with E-state index in [0.717, 1.165) is 70.4 Å². The third-order valence-electron chi connectivity index (χ3n) is 9.27. The van der Waals surface area contributed by atoms with Crippen molar-refractivity contribution in [1.82, 2.24) is 19.3 Å². The Morgan fingerprint density at radius 1 is 0.780 bits per heavy atom. The molecule has 0 spiro atoms. The molecule has 0 aliphatic rings. The van der Waals surface area contributed by atoms with Crippen LogP contribution in [0.15, 0.2) is 79.0 Å². The molecule has 0 fully saturated rings. The number of methoxy groups -OCH3 is 1. The van der Waals surface area contributed by atoms with Crippen molar-refractivity contribution in [2.24, 2.45) is 0 Å². The number of benzene rings is 4. The second kappa shape index (κ2) is 14.6. The van der Waals surface area contributed by atoms with Gasteiger partial charge in [-0.2, -0.15) is 16.7 Å². The van der Waals surface area contributed by atoms with Gasteiger partial charge in [-0.15, -0.1) is 35.7 Å². The van der Waals surface area contributed by atoms with Crippen LogP contribution in [0.4, 0.5) is 0 Å². The Morgan fingerprint density at radius 2 is 1.56 bits per heavy atom. The van der Waals surface area contributed by atoms with E-state index in [2.05, 4.69) is 111 Å². The molecule has 6 nitrogen and oxygen atoms in total. The van der Waals surface area contributed by atoms with Crippen molar-refractivity contribution in [3.05, 3.63) is 125 Å². The fourth-order valence-corrected chi connectivity index (χ4v) is 7.27. The molecular weight excluding hydrogens is 711 g/mol. The standard InChI is InChI=1S/C43H42N4O2.Pd/c1-8-13-30-22-31(47-38(10-3)43(37(9-2)45-47)42-28(5)20-27(4)21-29(42)6)24-34(23-30)49-33-16-17-36-35-14-11-12-15-39(35)46(40(36)25-33)41-26-32(48-7)18-19-44-41;/h11-12,14-23,26H,8-10,13H2,1-7H3;/q-2;+2. The van der Waals surface area contributed by atoms with Gasteiger partial charge in [0.1, 0.15) is 11.6 Å². The molecule has 7 rings (SSSR count). The van der Waals surface area contributed by atoms with Crippen molar-refractivity contribution in [1.29, 1.82) is 0 Å². The fourth-order valence-electron chi connectivity index (χ4n) is 7.27. The molecule has 4 aromatic carbocycles. The molecule has 0 saturated heterocycles. The van der Waals surface area contributed by atoms with Crippen LogP contribution in [0.2, 0.25) is 0 Å². The predicted octanol–water partition coefficient (Wildman–Crippen LogP) is 10.4. The summed E-state index contributed by atoms with van der Waals surface area (Å²) in [7, 11) is 1.67. The molecule has 0 aliphatic heterocycles. The molecule has 0 bridgehead atoms. The van der Waals surface area contributed by atoms with Crippen molar-refractivity contribution < 1.29 is 29.9 Å². The third kappa shape index (κ3) is 6.37. The first kappa shape index (κ1) is 35.1. The average Bonchev–Trinajstić information content (AvgIpc) is 3.63. The van der Waals surface area contributed by atoms with Crippen molar-refractivity contribution in [3.63, 3.8) is 0 Å². The molecule has 7 aromatic rings. The van der Waals surface area contributed by atoms with Gasteiger partial charge in [-0.3, -0.25) is 4.68 Å². The van der Waals surface area contributed by atoms with Crippen LogP contribution in [-0.2, 0) is 39.7 Å². The molecule has 0 radical (unpaired) electrons. The molecule has 7 heteroatoms. The van der Waals surface area contributed by atoms with Crippen molar-refractivity contribution in [3.8, 4) is 39.9 Å². The van der Waals surface area contributed by atoms with E-state index in [9.17, 15) is 0 Å². The summed E-state index contributed by atoms with van der Waals surface area (Å²) in [5.41, 5.74) is 12.6. The number of fused-ring (bicyclic) bond motifs is 3. The molecule has 0 amide bonds. The van der Waals surface area contributed by atoms with Gasteiger partial charge in [-0.05, 0) is 73.5 Å².